The molecule has 0 saturated heterocycles. The Morgan fingerprint density at radius 2 is 2.00 bits per heavy atom. The van der Waals surface area contributed by atoms with Crippen molar-refractivity contribution in [3.63, 3.8) is 0 Å². The fraction of sp³-hybridized carbons (Fsp3) is 0.267. The lowest BCUT2D eigenvalue weighted by molar-refractivity contribution is 0.755. The maximum Gasteiger partial charge on any atom is 0.167 e. The zero-order chi connectivity index (χ0) is 13.7. The first-order valence-corrected chi connectivity index (χ1v) is 7.64. The van der Waals surface area contributed by atoms with Crippen LogP contribution in [0.2, 0.25) is 0 Å². The average Bonchev–Trinajstić information content (AvgIpc) is 2.91. The number of nitrogens with one attached hydrogen (secondary N) is 2. The number of benzene rings is 1. The van der Waals surface area contributed by atoms with Crippen molar-refractivity contribution >= 4 is 28.7 Å². The molecule has 0 spiro atoms. The summed E-state index contributed by atoms with van der Waals surface area (Å²) < 4.78 is 0. The van der Waals surface area contributed by atoms with Gasteiger partial charge in [-0.05, 0) is 43.1 Å². The van der Waals surface area contributed by atoms with Crippen LogP contribution >= 0.6 is 23.6 Å². The van der Waals surface area contributed by atoms with Gasteiger partial charge in [0.25, 0.3) is 0 Å². The van der Waals surface area contributed by atoms with Gasteiger partial charge >= 0.3 is 0 Å². The molecule has 19 heavy (non-hydrogen) atoms. The van der Waals surface area contributed by atoms with Gasteiger partial charge < -0.3 is 10.6 Å². The second kappa shape index (κ2) is 6.68. The second-order valence-electron chi connectivity index (χ2n) is 4.36. The summed E-state index contributed by atoms with van der Waals surface area (Å²) in [5, 5.41) is 9.32. The van der Waals surface area contributed by atoms with Gasteiger partial charge in [-0.15, -0.1) is 11.3 Å². The van der Waals surface area contributed by atoms with Crippen molar-refractivity contribution in [2.75, 3.05) is 6.54 Å². The van der Waals surface area contributed by atoms with Gasteiger partial charge in [-0.25, -0.2) is 0 Å². The van der Waals surface area contributed by atoms with Crippen LogP contribution in [0.5, 0.6) is 0 Å². The van der Waals surface area contributed by atoms with Gasteiger partial charge in [0, 0.05) is 11.4 Å². The van der Waals surface area contributed by atoms with Crippen molar-refractivity contribution < 1.29 is 0 Å². The minimum atomic E-state index is 0.118. The van der Waals surface area contributed by atoms with Crippen molar-refractivity contribution in [3.05, 3.63) is 57.8 Å². The predicted octanol–water partition coefficient (Wildman–Crippen LogP) is 3.63. The van der Waals surface area contributed by atoms with E-state index < -0.39 is 0 Å². The Kier molecular flexibility index (Phi) is 4.93. The molecule has 100 valence electrons. The van der Waals surface area contributed by atoms with Crippen molar-refractivity contribution in [1.82, 2.24) is 10.6 Å². The average molecular weight is 290 g/mol. The Morgan fingerprint density at radius 1 is 1.26 bits per heavy atom. The van der Waals surface area contributed by atoms with Crippen LogP contribution < -0.4 is 10.6 Å². The van der Waals surface area contributed by atoms with E-state index in [1.165, 1.54) is 16.0 Å². The van der Waals surface area contributed by atoms with Crippen LogP contribution in [0.1, 0.15) is 29.0 Å². The van der Waals surface area contributed by atoms with Crippen LogP contribution in [0, 0.1) is 6.92 Å². The Balaban J connectivity index is 2.24. The molecule has 2 N–H and O–H groups in total. The Bertz CT molecular complexity index is 518. The topological polar surface area (TPSA) is 24.1 Å². The van der Waals surface area contributed by atoms with Crippen LogP contribution in [0.4, 0.5) is 0 Å². The lowest BCUT2D eigenvalue weighted by Crippen LogP contribution is -2.37. The summed E-state index contributed by atoms with van der Waals surface area (Å²) >= 11 is 7.05. The normalized spacial score (nSPS) is 11.9. The van der Waals surface area contributed by atoms with E-state index in [0.717, 1.165) is 6.54 Å². The summed E-state index contributed by atoms with van der Waals surface area (Å²) in [4.78, 5) is 1.27. The van der Waals surface area contributed by atoms with Crippen LogP contribution in [-0.4, -0.2) is 11.7 Å². The molecule has 0 aliphatic rings. The fourth-order valence-corrected chi connectivity index (χ4v) is 2.94. The lowest BCUT2D eigenvalue weighted by atomic mass is 10.0. The molecule has 0 aliphatic heterocycles. The molecule has 2 aromatic rings. The van der Waals surface area contributed by atoms with E-state index >= 15 is 0 Å². The lowest BCUT2D eigenvalue weighted by Gasteiger charge is -2.20. The monoisotopic (exact) mass is 290 g/mol. The van der Waals surface area contributed by atoms with Gasteiger partial charge in [0.05, 0.1) is 6.04 Å². The summed E-state index contributed by atoms with van der Waals surface area (Å²) in [5.41, 5.74) is 2.50. The first-order chi connectivity index (χ1) is 9.20. The summed E-state index contributed by atoms with van der Waals surface area (Å²) in [6, 6.07) is 12.9. The summed E-state index contributed by atoms with van der Waals surface area (Å²) in [6.07, 6.45) is 0. The summed E-state index contributed by atoms with van der Waals surface area (Å²) in [7, 11) is 0. The highest BCUT2D eigenvalue weighted by molar-refractivity contribution is 7.80. The smallest absolute Gasteiger partial charge is 0.167 e. The van der Waals surface area contributed by atoms with Crippen molar-refractivity contribution in [2.45, 2.75) is 19.9 Å². The number of hydrogen-bond acceptors (Lipinski definition) is 2. The molecule has 1 heterocycles. The van der Waals surface area contributed by atoms with Crippen molar-refractivity contribution in [2.24, 2.45) is 0 Å². The zero-order valence-corrected chi connectivity index (χ0v) is 12.8. The third kappa shape index (κ3) is 3.78. The van der Waals surface area contributed by atoms with Gasteiger partial charge in [-0.1, -0.05) is 35.9 Å². The van der Waals surface area contributed by atoms with E-state index in [1.54, 1.807) is 11.3 Å². The van der Waals surface area contributed by atoms with Gasteiger partial charge in [-0.2, -0.15) is 0 Å². The molecule has 2 rings (SSSR count). The Hall–Kier alpha value is -1.39. The molecule has 4 heteroatoms. The van der Waals surface area contributed by atoms with Crippen molar-refractivity contribution in [3.8, 4) is 0 Å². The molecule has 0 aliphatic carbocycles. The molecule has 0 amide bonds. The summed E-state index contributed by atoms with van der Waals surface area (Å²) in [5.74, 6) is 0. The molecule has 0 bridgehead atoms. The van der Waals surface area contributed by atoms with Crippen LogP contribution in [0.3, 0.4) is 0 Å². The Morgan fingerprint density at radius 3 is 2.58 bits per heavy atom. The van der Waals surface area contributed by atoms with Gasteiger partial charge in [0.2, 0.25) is 0 Å². The number of hydrogen-bond donors (Lipinski definition) is 2. The fourth-order valence-electron chi connectivity index (χ4n) is 1.88. The maximum absolute atomic E-state index is 5.31. The summed E-state index contributed by atoms with van der Waals surface area (Å²) in [6.45, 7) is 4.97. The van der Waals surface area contributed by atoms with Gasteiger partial charge in [0.1, 0.15) is 0 Å². The predicted molar refractivity (Wildman–Crippen MR) is 86.8 cm³/mol. The number of aryl methyl sites for hydroxylation is 1. The van der Waals surface area contributed by atoms with E-state index in [0.29, 0.717) is 5.11 Å². The van der Waals surface area contributed by atoms with E-state index in [2.05, 4.69) is 59.3 Å². The standard InChI is InChI=1S/C15H18N2S2/c1-3-16-15(18)17-14(13-5-4-10-19-13)12-8-6-11(2)7-9-12/h4-10,14H,3H2,1-2H3,(H2,16,17,18)/t14-/m1/s1. The first kappa shape index (κ1) is 14.0. The van der Waals surface area contributed by atoms with Crippen LogP contribution in [0.15, 0.2) is 41.8 Å². The minimum Gasteiger partial charge on any atom is -0.363 e. The molecular formula is C15H18N2S2. The van der Waals surface area contributed by atoms with E-state index in [1.807, 2.05) is 6.92 Å². The van der Waals surface area contributed by atoms with Gasteiger partial charge in [-0.3, -0.25) is 0 Å². The maximum atomic E-state index is 5.31. The number of thiocarbonyl (C=S) groups is 1. The molecular weight excluding hydrogens is 272 g/mol. The molecule has 1 aromatic carbocycles. The third-order valence-electron chi connectivity index (χ3n) is 2.85. The number of thiophene rings is 1. The molecule has 0 radical (unpaired) electrons. The second-order valence-corrected chi connectivity index (χ2v) is 5.75. The molecule has 0 fully saturated rings. The molecule has 0 unspecified atom stereocenters. The quantitative estimate of drug-likeness (QED) is 0.841. The molecule has 0 saturated carbocycles. The van der Waals surface area contributed by atoms with E-state index in [4.69, 9.17) is 12.2 Å². The van der Waals surface area contributed by atoms with Gasteiger partial charge in [0.15, 0.2) is 5.11 Å². The Labute approximate surface area is 123 Å². The van der Waals surface area contributed by atoms with Crippen molar-refractivity contribution in [1.29, 1.82) is 0 Å². The zero-order valence-electron chi connectivity index (χ0n) is 11.1. The van der Waals surface area contributed by atoms with Crippen LogP contribution in [0.25, 0.3) is 0 Å². The van der Waals surface area contributed by atoms with E-state index in [-0.39, 0.29) is 6.04 Å². The SMILES string of the molecule is CCNC(=S)N[C@H](c1ccc(C)cc1)c1cccs1. The van der Waals surface area contributed by atoms with E-state index in [9.17, 15) is 0 Å². The minimum absolute atomic E-state index is 0.118. The largest absolute Gasteiger partial charge is 0.363 e. The van der Waals surface area contributed by atoms with Crippen LogP contribution in [-0.2, 0) is 0 Å². The highest BCUT2D eigenvalue weighted by atomic mass is 32.1. The highest BCUT2D eigenvalue weighted by Crippen LogP contribution is 2.26. The molecule has 2 nitrogen and oxygen atoms in total. The first-order valence-electron chi connectivity index (χ1n) is 6.35. The number of rotatable bonds is 4. The third-order valence-corrected chi connectivity index (χ3v) is 4.05. The molecule has 1 aromatic heterocycles. The molecule has 1 atom stereocenters. The highest BCUT2D eigenvalue weighted by Gasteiger charge is 2.15.